The number of fused-ring (bicyclic) bond motifs is 1. The van der Waals surface area contributed by atoms with E-state index in [-0.39, 0.29) is 5.91 Å². The highest BCUT2D eigenvalue weighted by Gasteiger charge is 2.31. The zero-order valence-corrected chi connectivity index (χ0v) is 14.5. The van der Waals surface area contributed by atoms with Gasteiger partial charge in [-0.1, -0.05) is 5.16 Å². The van der Waals surface area contributed by atoms with E-state index in [9.17, 15) is 4.79 Å². The van der Waals surface area contributed by atoms with Crippen molar-refractivity contribution in [3.8, 4) is 0 Å². The summed E-state index contributed by atoms with van der Waals surface area (Å²) in [6, 6.07) is 2.29. The minimum Gasteiger partial charge on any atom is -0.356 e. The van der Waals surface area contributed by atoms with Gasteiger partial charge in [0.1, 0.15) is 12.1 Å². The van der Waals surface area contributed by atoms with Gasteiger partial charge in [-0.15, -0.1) is 0 Å². The standard InChI is InChI=1S/C18H23N5O2/c1-22(16-6-9-19-12-20-16)13-7-10-23(11-8-13)18(24)17-14-4-2-3-5-15(14)21-25-17/h6,9,12-13H,2-5,7-8,10-11H2,1H3. The topological polar surface area (TPSA) is 75.4 Å². The molecule has 0 bridgehead atoms. The molecule has 4 rings (SSSR count). The van der Waals surface area contributed by atoms with Crippen LogP contribution in [0.15, 0.2) is 23.1 Å². The minimum atomic E-state index is -0.00112. The molecular formula is C18H23N5O2. The Kier molecular flexibility index (Phi) is 4.38. The fourth-order valence-electron chi connectivity index (χ4n) is 3.84. The highest BCUT2D eigenvalue weighted by molar-refractivity contribution is 5.93. The summed E-state index contributed by atoms with van der Waals surface area (Å²) >= 11 is 0. The van der Waals surface area contributed by atoms with Crippen LogP contribution < -0.4 is 4.90 Å². The average molecular weight is 341 g/mol. The summed E-state index contributed by atoms with van der Waals surface area (Å²) in [6.07, 6.45) is 9.24. The molecule has 7 nitrogen and oxygen atoms in total. The SMILES string of the molecule is CN(c1ccncn1)C1CCN(C(=O)c2onc3c2CCCC3)CC1. The molecule has 0 N–H and O–H groups in total. The van der Waals surface area contributed by atoms with Crippen LogP contribution in [0.4, 0.5) is 5.82 Å². The third-order valence-corrected chi connectivity index (χ3v) is 5.38. The quantitative estimate of drug-likeness (QED) is 0.851. The summed E-state index contributed by atoms with van der Waals surface area (Å²) in [5.74, 6) is 1.39. The summed E-state index contributed by atoms with van der Waals surface area (Å²) in [4.78, 5) is 25.2. The van der Waals surface area contributed by atoms with Crippen LogP contribution in [-0.2, 0) is 12.8 Å². The molecule has 0 atom stereocenters. The van der Waals surface area contributed by atoms with Crippen molar-refractivity contribution in [2.75, 3.05) is 25.0 Å². The van der Waals surface area contributed by atoms with Crippen molar-refractivity contribution in [3.63, 3.8) is 0 Å². The van der Waals surface area contributed by atoms with Gasteiger partial charge in [-0.05, 0) is 44.6 Å². The van der Waals surface area contributed by atoms with E-state index in [1.54, 1.807) is 12.5 Å². The molecule has 2 aromatic rings. The van der Waals surface area contributed by atoms with Gasteiger partial charge in [0.05, 0.1) is 5.69 Å². The second-order valence-corrected chi connectivity index (χ2v) is 6.85. The largest absolute Gasteiger partial charge is 0.356 e. The van der Waals surface area contributed by atoms with Crippen molar-refractivity contribution in [1.82, 2.24) is 20.0 Å². The number of amides is 1. The smallest absolute Gasteiger partial charge is 0.292 e. The molecule has 1 aliphatic heterocycles. The second-order valence-electron chi connectivity index (χ2n) is 6.85. The molecule has 3 heterocycles. The van der Waals surface area contributed by atoms with Crippen LogP contribution in [0.25, 0.3) is 0 Å². The van der Waals surface area contributed by atoms with Gasteiger partial charge in [0.25, 0.3) is 5.91 Å². The van der Waals surface area contributed by atoms with Crippen molar-refractivity contribution in [2.24, 2.45) is 0 Å². The molecule has 2 aromatic heterocycles. The molecule has 0 spiro atoms. The predicted octanol–water partition coefficient (Wildman–Crippen LogP) is 2.08. The van der Waals surface area contributed by atoms with E-state index in [1.165, 1.54) is 0 Å². The third kappa shape index (κ3) is 3.10. The van der Waals surface area contributed by atoms with Gasteiger partial charge in [0.2, 0.25) is 5.76 Å². The Morgan fingerprint density at radius 2 is 2.08 bits per heavy atom. The molecule has 1 saturated heterocycles. The van der Waals surface area contributed by atoms with Crippen molar-refractivity contribution in [2.45, 2.75) is 44.6 Å². The van der Waals surface area contributed by atoms with E-state index in [0.717, 1.165) is 68.7 Å². The van der Waals surface area contributed by atoms with Crippen molar-refractivity contribution < 1.29 is 9.32 Å². The number of rotatable bonds is 3. The first kappa shape index (κ1) is 16.1. The number of hydrogen-bond acceptors (Lipinski definition) is 6. The van der Waals surface area contributed by atoms with Gasteiger partial charge in [-0.25, -0.2) is 9.97 Å². The van der Waals surface area contributed by atoms with Crippen LogP contribution in [0.1, 0.15) is 47.5 Å². The molecule has 1 fully saturated rings. The van der Waals surface area contributed by atoms with Crippen molar-refractivity contribution in [3.05, 3.63) is 35.6 Å². The Bertz CT molecular complexity index is 737. The number of carbonyl (C=O) groups is 1. The normalized spacial score (nSPS) is 18.0. The van der Waals surface area contributed by atoms with E-state index < -0.39 is 0 Å². The zero-order chi connectivity index (χ0) is 17.2. The zero-order valence-electron chi connectivity index (χ0n) is 14.5. The fraction of sp³-hybridized carbons (Fsp3) is 0.556. The second kappa shape index (κ2) is 6.82. The number of aryl methyl sites for hydroxylation is 1. The summed E-state index contributed by atoms with van der Waals surface area (Å²) in [5, 5.41) is 4.11. The Morgan fingerprint density at radius 3 is 2.84 bits per heavy atom. The van der Waals surface area contributed by atoms with E-state index in [2.05, 4.69) is 27.1 Å². The Hall–Kier alpha value is -2.44. The molecule has 0 radical (unpaired) electrons. The maximum Gasteiger partial charge on any atom is 0.292 e. The first-order valence-corrected chi connectivity index (χ1v) is 8.99. The average Bonchev–Trinajstić information content (AvgIpc) is 3.12. The van der Waals surface area contributed by atoms with Gasteiger partial charge in [-0.2, -0.15) is 0 Å². The molecule has 132 valence electrons. The van der Waals surface area contributed by atoms with E-state index >= 15 is 0 Å². The highest BCUT2D eigenvalue weighted by Crippen LogP contribution is 2.26. The van der Waals surface area contributed by atoms with Crippen LogP contribution in [-0.4, -0.2) is 52.1 Å². The lowest BCUT2D eigenvalue weighted by molar-refractivity contribution is 0.0669. The van der Waals surface area contributed by atoms with Gasteiger partial charge in [-0.3, -0.25) is 4.79 Å². The van der Waals surface area contributed by atoms with Crippen LogP contribution in [0, 0.1) is 0 Å². The van der Waals surface area contributed by atoms with Gasteiger partial charge >= 0.3 is 0 Å². The maximum atomic E-state index is 12.8. The van der Waals surface area contributed by atoms with Crippen LogP contribution in [0.2, 0.25) is 0 Å². The molecule has 25 heavy (non-hydrogen) atoms. The third-order valence-electron chi connectivity index (χ3n) is 5.38. The van der Waals surface area contributed by atoms with Crippen molar-refractivity contribution >= 4 is 11.7 Å². The summed E-state index contributed by atoms with van der Waals surface area (Å²) in [5.41, 5.74) is 2.02. The molecular weight excluding hydrogens is 318 g/mol. The lowest BCUT2D eigenvalue weighted by atomic mass is 9.95. The number of carbonyl (C=O) groups excluding carboxylic acids is 1. The van der Waals surface area contributed by atoms with Crippen LogP contribution in [0.3, 0.4) is 0 Å². The number of aromatic nitrogens is 3. The maximum absolute atomic E-state index is 12.8. The number of hydrogen-bond donors (Lipinski definition) is 0. The predicted molar refractivity (Wildman–Crippen MR) is 92.5 cm³/mol. The first-order valence-electron chi connectivity index (χ1n) is 8.99. The summed E-state index contributed by atoms with van der Waals surface area (Å²) in [7, 11) is 2.05. The van der Waals surface area contributed by atoms with E-state index in [4.69, 9.17) is 4.52 Å². The summed E-state index contributed by atoms with van der Waals surface area (Å²) in [6.45, 7) is 1.46. The lowest BCUT2D eigenvalue weighted by Crippen LogP contribution is -2.46. The Labute approximate surface area is 147 Å². The van der Waals surface area contributed by atoms with E-state index in [0.29, 0.717) is 11.8 Å². The number of likely N-dealkylation sites (tertiary alicyclic amines) is 1. The molecule has 0 saturated carbocycles. The van der Waals surface area contributed by atoms with Gasteiger partial charge in [0, 0.05) is 37.9 Å². The monoisotopic (exact) mass is 341 g/mol. The van der Waals surface area contributed by atoms with Crippen molar-refractivity contribution in [1.29, 1.82) is 0 Å². The van der Waals surface area contributed by atoms with Crippen LogP contribution >= 0.6 is 0 Å². The van der Waals surface area contributed by atoms with Gasteiger partial charge < -0.3 is 14.3 Å². The van der Waals surface area contributed by atoms with Gasteiger partial charge in [0.15, 0.2) is 0 Å². The number of piperidine rings is 1. The molecule has 7 heteroatoms. The minimum absolute atomic E-state index is 0.00112. The first-order chi connectivity index (χ1) is 12.2. The number of nitrogens with zero attached hydrogens (tertiary/aromatic N) is 5. The molecule has 1 aliphatic carbocycles. The highest BCUT2D eigenvalue weighted by atomic mass is 16.5. The molecule has 0 aromatic carbocycles. The molecule has 1 amide bonds. The summed E-state index contributed by atoms with van der Waals surface area (Å²) < 4.78 is 5.41. The fourth-order valence-corrected chi connectivity index (χ4v) is 3.84. The van der Waals surface area contributed by atoms with E-state index in [1.807, 2.05) is 11.0 Å². The molecule has 2 aliphatic rings. The Balaban J connectivity index is 1.40. The van der Waals surface area contributed by atoms with Crippen LogP contribution in [0.5, 0.6) is 0 Å². The Morgan fingerprint density at radius 1 is 1.28 bits per heavy atom. The molecule has 0 unspecified atom stereocenters. The lowest BCUT2D eigenvalue weighted by Gasteiger charge is -2.37. The number of anilines is 1.